The third kappa shape index (κ3) is 7.89. The largest absolute Gasteiger partial charge is 1.00 e. The monoisotopic (exact) mass is 568 g/mol. The van der Waals surface area contributed by atoms with Gasteiger partial charge in [-0.05, 0) is 79.2 Å². The molecule has 0 amide bonds. The second-order valence-electron chi connectivity index (χ2n) is 11.4. The maximum atomic E-state index is 5.35. The standard InChI is InChI=1S/C38H39N2P.2Li/c1-24-14-16-33(39-37-28(5)18-26(3)19-29(37)6)35(22-24)41(32-12-10-9-11-13-32)36-23-25(2)15-17-34(36)40-38-30(7)20-27(4)21-31(38)8;;/h9-23H,1-8H3;;/q-2;2*+1. The molecule has 0 bridgehead atoms. The third-order valence-electron chi connectivity index (χ3n) is 7.49. The minimum atomic E-state index is -0.951. The molecular weight excluding hydrogens is 529 g/mol. The fourth-order valence-corrected chi connectivity index (χ4v) is 8.40. The zero-order valence-corrected chi connectivity index (χ0v) is 28.4. The van der Waals surface area contributed by atoms with E-state index in [1.54, 1.807) is 0 Å². The van der Waals surface area contributed by atoms with Gasteiger partial charge in [-0.25, -0.2) is 0 Å². The zero-order valence-electron chi connectivity index (χ0n) is 27.5. The van der Waals surface area contributed by atoms with E-state index in [-0.39, 0.29) is 37.7 Å². The Kier molecular flexibility index (Phi) is 12.0. The number of hydrogen-bond acceptors (Lipinski definition) is 0. The first-order chi connectivity index (χ1) is 19.6. The number of rotatable bonds is 7. The molecule has 0 radical (unpaired) electrons. The Morgan fingerprint density at radius 3 is 1.16 bits per heavy atom. The Bertz CT molecular complexity index is 1580. The molecule has 0 saturated carbocycles. The summed E-state index contributed by atoms with van der Waals surface area (Å²) in [5.74, 6) is 0. The number of aryl methyl sites for hydroxylation is 8. The molecule has 0 saturated heterocycles. The van der Waals surface area contributed by atoms with Crippen LogP contribution in [0.3, 0.4) is 0 Å². The summed E-state index contributed by atoms with van der Waals surface area (Å²) in [6, 6.07) is 33.2. The van der Waals surface area contributed by atoms with Crippen LogP contribution < -0.4 is 53.6 Å². The smallest absolute Gasteiger partial charge is 0.657 e. The molecule has 0 atom stereocenters. The van der Waals surface area contributed by atoms with Crippen molar-refractivity contribution in [3.05, 3.63) is 146 Å². The second-order valence-corrected chi connectivity index (χ2v) is 13.5. The minimum Gasteiger partial charge on any atom is -0.657 e. The maximum absolute atomic E-state index is 5.35. The molecule has 208 valence electrons. The summed E-state index contributed by atoms with van der Waals surface area (Å²) >= 11 is 0. The van der Waals surface area contributed by atoms with Crippen LogP contribution in [0.5, 0.6) is 0 Å². The van der Waals surface area contributed by atoms with E-state index in [9.17, 15) is 0 Å². The van der Waals surface area contributed by atoms with Gasteiger partial charge in [-0.3, -0.25) is 0 Å². The van der Waals surface area contributed by atoms with Crippen molar-refractivity contribution in [2.24, 2.45) is 0 Å². The quantitative estimate of drug-likeness (QED) is 0.203. The first-order valence-electron chi connectivity index (χ1n) is 14.3. The summed E-state index contributed by atoms with van der Waals surface area (Å²) in [6.45, 7) is 17.3. The van der Waals surface area contributed by atoms with Gasteiger partial charge in [-0.15, -0.1) is 22.7 Å². The Balaban J connectivity index is 0.00000253. The summed E-state index contributed by atoms with van der Waals surface area (Å²) in [6.07, 6.45) is 0. The van der Waals surface area contributed by atoms with Crippen molar-refractivity contribution in [1.29, 1.82) is 0 Å². The molecule has 0 aliphatic heterocycles. The summed E-state index contributed by atoms with van der Waals surface area (Å²) in [7, 11) is -0.951. The van der Waals surface area contributed by atoms with Gasteiger partial charge in [-0.2, -0.15) is 0 Å². The van der Waals surface area contributed by atoms with Gasteiger partial charge >= 0.3 is 37.7 Å². The van der Waals surface area contributed by atoms with Crippen LogP contribution in [0.25, 0.3) is 10.6 Å². The van der Waals surface area contributed by atoms with Gasteiger partial charge in [0, 0.05) is 0 Å². The molecule has 43 heavy (non-hydrogen) atoms. The van der Waals surface area contributed by atoms with Crippen molar-refractivity contribution in [2.45, 2.75) is 55.4 Å². The van der Waals surface area contributed by atoms with Crippen molar-refractivity contribution in [2.75, 3.05) is 0 Å². The molecule has 2 nitrogen and oxygen atoms in total. The van der Waals surface area contributed by atoms with Crippen LogP contribution in [0.4, 0.5) is 22.7 Å². The molecule has 5 rings (SSSR count). The molecule has 0 heterocycles. The predicted molar refractivity (Wildman–Crippen MR) is 181 cm³/mol. The van der Waals surface area contributed by atoms with E-state index in [0.29, 0.717) is 0 Å². The molecule has 0 aromatic heterocycles. The average Bonchev–Trinajstić information content (AvgIpc) is 2.91. The normalized spacial score (nSPS) is 10.6. The van der Waals surface area contributed by atoms with E-state index >= 15 is 0 Å². The van der Waals surface area contributed by atoms with Crippen molar-refractivity contribution in [1.82, 2.24) is 0 Å². The Hall–Kier alpha value is -2.68. The summed E-state index contributed by atoms with van der Waals surface area (Å²) in [5.41, 5.74) is 14.0. The molecule has 0 aliphatic rings. The van der Waals surface area contributed by atoms with Gasteiger partial charge in [-0.1, -0.05) is 136 Å². The van der Waals surface area contributed by atoms with Crippen molar-refractivity contribution in [3.63, 3.8) is 0 Å². The van der Waals surface area contributed by atoms with E-state index in [0.717, 1.165) is 22.7 Å². The molecule has 5 aromatic rings. The van der Waals surface area contributed by atoms with Crippen molar-refractivity contribution in [3.8, 4) is 0 Å². The fourth-order valence-electron chi connectivity index (χ4n) is 5.74. The Morgan fingerprint density at radius 2 is 0.791 bits per heavy atom. The molecule has 0 fully saturated rings. The van der Waals surface area contributed by atoms with Crippen LogP contribution in [0.15, 0.2) is 91.0 Å². The second kappa shape index (κ2) is 14.9. The SMILES string of the molecule is Cc1cc(C)c([N-]c2ccc(C)cc2P(c2ccccc2)c2cc(C)ccc2[N-]c2c(C)cc(C)cc2C)c(C)c1.[Li+].[Li+]. The van der Waals surface area contributed by atoms with Gasteiger partial charge < -0.3 is 10.6 Å². The molecular formula is C38H39Li2N2P. The number of nitrogens with zero attached hydrogens (tertiary/aromatic N) is 2. The van der Waals surface area contributed by atoms with Crippen LogP contribution in [0.2, 0.25) is 0 Å². The van der Waals surface area contributed by atoms with Crippen LogP contribution in [0, 0.1) is 55.4 Å². The van der Waals surface area contributed by atoms with E-state index < -0.39 is 7.92 Å². The Labute approximate surface area is 284 Å². The van der Waals surface area contributed by atoms with Crippen LogP contribution in [0.1, 0.15) is 44.5 Å². The van der Waals surface area contributed by atoms with Crippen LogP contribution in [-0.4, -0.2) is 0 Å². The minimum absolute atomic E-state index is 0. The molecule has 0 aliphatic carbocycles. The number of benzene rings is 5. The van der Waals surface area contributed by atoms with E-state index in [1.165, 1.54) is 60.4 Å². The van der Waals surface area contributed by atoms with Crippen molar-refractivity contribution < 1.29 is 37.7 Å². The average molecular weight is 569 g/mol. The van der Waals surface area contributed by atoms with E-state index in [4.69, 9.17) is 10.6 Å². The summed E-state index contributed by atoms with van der Waals surface area (Å²) in [4.78, 5) is 0. The molecule has 5 aromatic carbocycles. The summed E-state index contributed by atoms with van der Waals surface area (Å²) in [5, 5.41) is 14.5. The fraction of sp³-hybridized carbons (Fsp3) is 0.211. The van der Waals surface area contributed by atoms with E-state index in [1.807, 2.05) is 0 Å². The van der Waals surface area contributed by atoms with Gasteiger partial charge in [0.15, 0.2) is 0 Å². The molecule has 5 heteroatoms. The van der Waals surface area contributed by atoms with Gasteiger partial charge in [0.1, 0.15) is 0 Å². The van der Waals surface area contributed by atoms with E-state index in [2.05, 4.69) is 146 Å². The number of hydrogen-bond donors (Lipinski definition) is 0. The van der Waals surface area contributed by atoms with Gasteiger partial charge in [0.25, 0.3) is 0 Å². The van der Waals surface area contributed by atoms with Crippen LogP contribution >= 0.6 is 7.92 Å². The Morgan fingerprint density at radius 1 is 0.419 bits per heavy atom. The molecule has 0 spiro atoms. The van der Waals surface area contributed by atoms with Crippen molar-refractivity contribution >= 4 is 46.6 Å². The predicted octanol–water partition coefficient (Wildman–Crippen LogP) is 4.59. The first-order valence-corrected chi connectivity index (χ1v) is 15.6. The molecule has 0 N–H and O–H groups in total. The van der Waals surface area contributed by atoms with Crippen LogP contribution in [-0.2, 0) is 0 Å². The van der Waals surface area contributed by atoms with Gasteiger partial charge in [0.05, 0.1) is 0 Å². The summed E-state index contributed by atoms with van der Waals surface area (Å²) < 4.78 is 0. The van der Waals surface area contributed by atoms with Gasteiger partial charge in [0.2, 0.25) is 0 Å². The molecule has 0 unspecified atom stereocenters. The topological polar surface area (TPSA) is 28.2 Å². The third-order valence-corrected chi connectivity index (χ3v) is 9.99. The maximum Gasteiger partial charge on any atom is 1.00 e. The zero-order chi connectivity index (χ0) is 29.3. The first kappa shape index (κ1) is 34.8.